The Balaban J connectivity index is 1.66. The van der Waals surface area contributed by atoms with Crippen LogP contribution < -0.4 is 14.8 Å². The van der Waals surface area contributed by atoms with Crippen LogP contribution in [0, 0.1) is 16.7 Å². The van der Waals surface area contributed by atoms with Crippen LogP contribution in [0.3, 0.4) is 0 Å². The van der Waals surface area contributed by atoms with Crippen molar-refractivity contribution in [3.05, 3.63) is 18.2 Å². The zero-order chi connectivity index (χ0) is 13.5. The summed E-state index contributed by atoms with van der Waals surface area (Å²) in [6.45, 7) is 0.663. The summed E-state index contributed by atoms with van der Waals surface area (Å²) < 4.78 is 34.4. The number of halogens is 2. The third-order valence-electron chi connectivity index (χ3n) is 3.48. The summed E-state index contributed by atoms with van der Waals surface area (Å²) in [4.78, 5) is 0. The predicted molar refractivity (Wildman–Crippen MR) is 63.0 cm³/mol. The normalized spacial score (nSPS) is 20.7. The molecule has 1 aromatic rings. The largest absolute Gasteiger partial charge is 0.586 e. The molecule has 0 bridgehead atoms. The van der Waals surface area contributed by atoms with E-state index in [2.05, 4.69) is 20.9 Å². The van der Waals surface area contributed by atoms with Gasteiger partial charge in [0.1, 0.15) is 0 Å². The fourth-order valence-corrected chi connectivity index (χ4v) is 2.11. The summed E-state index contributed by atoms with van der Waals surface area (Å²) in [7, 11) is 0. The van der Waals surface area contributed by atoms with Crippen LogP contribution in [0.15, 0.2) is 18.2 Å². The molecule has 1 aromatic carbocycles. The van der Waals surface area contributed by atoms with Crippen LogP contribution in [0.4, 0.5) is 14.5 Å². The number of nitrogens with one attached hydrogen (secondary N) is 1. The molecule has 100 valence electrons. The number of ether oxygens (including phenoxy) is 2. The molecule has 1 fully saturated rings. The van der Waals surface area contributed by atoms with E-state index in [-0.39, 0.29) is 16.9 Å². The van der Waals surface area contributed by atoms with Gasteiger partial charge in [0.05, 0.1) is 6.07 Å². The molecule has 2 aliphatic rings. The van der Waals surface area contributed by atoms with Crippen molar-refractivity contribution in [2.45, 2.75) is 25.6 Å². The van der Waals surface area contributed by atoms with E-state index < -0.39 is 6.29 Å². The first-order valence-corrected chi connectivity index (χ1v) is 6.03. The lowest BCUT2D eigenvalue weighted by Gasteiger charge is -2.13. The van der Waals surface area contributed by atoms with Gasteiger partial charge >= 0.3 is 6.29 Å². The summed E-state index contributed by atoms with van der Waals surface area (Å²) in [5, 5.41) is 11.9. The Kier molecular flexibility index (Phi) is 2.52. The molecule has 0 spiro atoms. The minimum Gasteiger partial charge on any atom is -0.395 e. The molecule has 1 saturated carbocycles. The minimum absolute atomic E-state index is 0.0279. The van der Waals surface area contributed by atoms with Gasteiger partial charge in [-0.05, 0) is 25.0 Å². The van der Waals surface area contributed by atoms with Gasteiger partial charge in [-0.3, -0.25) is 0 Å². The van der Waals surface area contributed by atoms with Crippen molar-refractivity contribution in [1.29, 1.82) is 5.26 Å². The maximum atomic E-state index is 12.9. The number of hydrogen-bond donors (Lipinski definition) is 1. The highest BCUT2D eigenvalue weighted by atomic mass is 19.3. The summed E-state index contributed by atoms with van der Waals surface area (Å²) in [5.74, 6) is 0.0637. The molecule has 0 unspecified atom stereocenters. The molecule has 1 heterocycles. The van der Waals surface area contributed by atoms with Crippen molar-refractivity contribution >= 4 is 5.69 Å². The first kappa shape index (κ1) is 12.0. The van der Waals surface area contributed by atoms with E-state index in [4.69, 9.17) is 5.26 Å². The molecule has 4 nitrogen and oxygen atoms in total. The molecule has 0 amide bonds. The Hall–Kier alpha value is -2.03. The fraction of sp³-hybridized carbons (Fsp3) is 0.462. The van der Waals surface area contributed by atoms with Crippen LogP contribution in [0.2, 0.25) is 0 Å². The lowest BCUT2D eigenvalue weighted by atomic mass is 10.0. The highest BCUT2D eigenvalue weighted by Crippen LogP contribution is 2.49. The Morgan fingerprint density at radius 2 is 2.00 bits per heavy atom. The van der Waals surface area contributed by atoms with Gasteiger partial charge in [-0.1, -0.05) is 0 Å². The third kappa shape index (κ3) is 2.41. The minimum atomic E-state index is -3.58. The monoisotopic (exact) mass is 266 g/mol. The van der Waals surface area contributed by atoms with Gasteiger partial charge in [-0.2, -0.15) is 5.26 Å². The number of hydrogen-bond acceptors (Lipinski definition) is 4. The first-order valence-electron chi connectivity index (χ1n) is 6.03. The topological polar surface area (TPSA) is 54.3 Å². The van der Waals surface area contributed by atoms with Crippen LogP contribution in [-0.2, 0) is 0 Å². The second-order valence-corrected chi connectivity index (χ2v) is 5.02. The predicted octanol–water partition coefficient (Wildman–Crippen LogP) is 3.11. The Labute approximate surface area is 108 Å². The summed E-state index contributed by atoms with van der Waals surface area (Å²) in [6, 6.07) is 6.77. The standard InChI is InChI=1S/C13H12F2N2O2/c14-13(15)18-10-2-1-9(7-11(10)19-13)17-8-12(3-4-12)5-6-16/h1-2,7,17H,3-5,8H2. The lowest BCUT2D eigenvalue weighted by Crippen LogP contribution is -2.25. The number of nitriles is 1. The zero-order valence-corrected chi connectivity index (χ0v) is 10.1. The van der Waals surface area contributed by atoms with E-state index in [1.165, 1.54) is 12.1 Å². The number of anilines is 1. The van der Waals surface area contributed by atoms with E-state index in [0.717, 1.165) is 12.8 Å². The van der Waals surface area contributed by atoms with Gasteiger partial charge < -0.3 is 14.8 Å². The number of fused-ring (bicyclic) bond motifs is 1. The first-order chi connectivity index (χ1) is 9.02. The van der Waals surface area contributed by atoms with Gasteiger partial charge in [0.2, 0.25) is 0 Å². The second-order valence-electron chi connectivity index (χ2n) is 5.02. The molecule has 1 aliphatic carbocycles. The molecule has 3 rings (SSSR count). The average Bonchev–Trinajstić information content (AvgIpc) is 3.02. The molecular formula is C13H12F2N2O2. The smallest absolute Gasteiger partial charge is 0.395 e. The number of rotatable bonds is 4. The van der Waals surface area contributed by atoms with E-state index in [1.807, 2.05) is 0 Å². The molecule has 6 heteroatoms. The molecule has 0 atom stereocenters. The average molecular weight is 266 g/mol. The summed E-state index contributed by atoms with van der Waals surface area (Å²) in [6.07, 6.45) is -1.02. The van der Waals surface area contributed by atoms with E-state index in [1.54, 1.807) is 6.07 Å². The van der Waals surface area contributed by atoms with Gasteiger partial charge in [-0.15, -0.1) is 8.78 Å². The summed E-state index contributed by atoms with van der Waals surface area (Å²) >= 11 is 0. The van der Waals surface area contributed by atoms with Crippen molar-refractivity contribution in [2.75, 3.05) is 11.9 Å². The van der Waals surface area contributed by atoms with E-state index in [0.29, 0.717) is 18.7 Å². The third-order valence-corrected chi connectivity index (χ3v) is 3.48. The fourth-order valence-electron chi connectivity index (χ4n) is 2.11. The Bertz CT molecular complexity index is 550. The van der Waals surface area contributed by atoms with Crippen molar-refractivity contribution in [2.24, 2.45) is 5.41 Å². The quantitative estimate of drug-likeness (QED) is 0.909. The second kappa shape index (κ2) is 3.98. The zero-order valence-electron chi connectivity index (χ0n) is 10.1. The molecule has 19 heavy (non-hydrogen) atoms. The molecule has 1 aliphatic heterocycles. The maximum absolute atomic E-state index is 12.9. The molecule has 0 saturated heterocycles. The molecule has 0 radical (unpaired) electrons. The highest BCUT2D eigenvalue weighted by molar-refractivity contribution is 5.56. The van der Waals surface area contributed by atoms with E-state index in [9.17, 15) is 8.78 Å². The molecular weight excluding hydrogens is 254 g/mol. The van der Waals surface area contributed by atoms with E-state index >= 15 is 0 Å². The molecule has 1 N–H and O–H groups in total. The lowest BCUT2D eigenvalue weighted by molar-refractivity contribution is -0.286. The van der Waals surface area contributed by atoms with Crippen LogP contribution in [0.25, 0.3) is 0 Å². The summed E-state index contributed by atoms with van der Waals surface area (Å²) in [5.41, 5.74) is 0.735. The van der Waals surface area contributed by atoms with Crippen LogP contribution in [0.1, 0.15) is 19.3 Å². The Morgan fingerprint density at radius 1 is 1.26 bits per heavy atom. The van der Waals surface area contributed by atoms with Crippen molar-refractivity contribution in [3.63, 3.8) is 0 Å². The van der Waals surface area contributed by atoms with Gasteiger partial charge in [0.15, 0.2) is 11.5 Å². The maximum Gasteiger partial charge on any atom is 0.586 e. The number of alkyl halides is 2. The van der Waals surface area contributed by atoms with Crippen LogP contribution in [-0.4, -0.2) is 12.8 Å². The SMILES string of the molecule is N#CCC1(CNc2ccc3c(c2)OC(F)(F)O3)CC1. The Morgan fingerprint density at radius 3 is 2.68 bits per heavy atom. The van der Waals surface area contributed by atoms with Crippen molar-refractivity contribution in [1.82, 2.24) is 0 Å². The van der Waals surface area contributed by atoms with Gasteiger partial charge in [0, 0.05) is 30.1 Å². The van der Waals surface area contributed by atoms with Gasteiger partial charge in [-0.25, -0.2) is 0 Å². The van der Waals surface area contributed by atoms with Crippen molar-refractivity contribution in [3.8, 4) is 17.6 Å². The number of benzene rings is 1. The van der Waals surface area contributed by atoms with Crippen molar-refractivity contribution < 1.29 is 18.3 Å². The van der Waals surface area contributed by atoms with Crippen LogP contribution in [0.5, 0.6) is 11.5 Å². The number of nitrogens with zero attached hydrogens (tertiary/aromatic N) is 1. The van der Waals surface area contributed by atoms with Gasteiger partial charge in [0.25, 0.3) is 0 Å². The van der Waals surface area contributed by atoms with Crippen LogP contribution >= 0.6 is 0 Å². The highest BCUT2D eigenvalue weighted by Gasteiger charge is 2.44. The molecule has 0 aromatic heterocycles.